The summed E-state index contributed by atoms with van der Waals surface area (Å²) in [5.41, 5.74) is 2.45. The minimum atomic E-state index is 0.0282. The average molecular weight is 341 g/mol. The van der Waals surface area contributed by atoms with Crippen LogP contribution < -0.4 is 10.3 Å². The van der Waals surface area contributed by atoms with Crippen molar-refractivity contribution in [3.8, 4) is 11.8 Å². The second-order valence-electron chi connectivity index (χ2n) is 5.57. The number of anilines is 1. The maximum atomic E-state index is 12.4. The van der Waals surface area contributed by atoms with Gasteiger partial charge in [-0.05, 0) is 30.7 Å². The van der Waals surface area contributed by atoms with Crippen molar-refractivity contribution in [1.82, 2.24) is 0 Å². The highest BCUT2D eigenvalue weighted by Gasteiger charge is 2.17. The van der Waals surface area contributed by atoms with Gasteiger partial charge in [0.05, 0.1) is 5.56 Å². The minimum Gasteiger partial charge on any atom is -0.438 e. The molecule has 0 atom stereocenters. The molecule has 1 fully saturated rings. The predicted octanol–water partition coefficient (Wildman–Crippen LogP) is 4.31. The Kier molecular flexibility index (Phi) is 3.94. The fraction of sp³-hybridized carbons (Fsp3) is 0.278. The monoisotopic (exact) mass is 341 g/mol. The van der Waals surface area contributed by atoms with Crippen LogP contribution in [0.4, 0.5) is 5.88 Å². The SMILES string of the molecule is O=c1cc(N2CCCCC2)oc2c(C#Cc3ccsc3)csc12. The van der Waals surface area contributed by atoms with Gasteiger partial charge in [0, 0.05) is 35.5 Å². The van der Waals surface area contributed by atoms with E-state index in [2.05, 4.69) is 16.7 Å². The average Bonchev–Trinajstić information content (AvgIpc) is 3.23. The minimum absolute atomic E-state index is 0.0282. The molecule has 4 rings (SSSR count). The summed E-state index contributed by atoms with van der Waals surface area (Å²) >= 11 is 3.03. The van der Waals surface area contributed by atoms with Gasteiger partial charge in [-0.25, -0.2) is 0 Å². The van der Waals surface area contributed by atoms with Gasteiger partial charge in [0.25, 0.3) is 0 Å². The third-order valence-corrected chi connectivity index (χ3v) is 5.62. The van der Waals surface area contributed by atoms with Crippen molar-refractivity contribution < 1.29 is 4.42 Å². The van der Waals surface area contributed by atoms with Crippen molar-refractivity contribution in [2.75, 3.05) is 18.0 Å². The molecule has 116 valence electrons. The number of rotatable bonds is 1. The maximum absolute atomic E-state index is 12.4. The topological polar surface area (TPSA) is 33.5 Å². The van der Waals surface area contributed by atoms with E-state index < -0.39 is 0 Å². The Bertz CT molecular complexity index is 935. The van der Waals surface area contributed by atoms with Crippen LogP contribution >= 0.6 is 22.7 Å². The molecular formula is C18H15NO2S2. The van der Waals surface area contributed by atoms with Gasteiger partial charge in [-0.1, -0.05) is 11.8 Å². The van der Waals surface area contributed by atoms with Crippen molar-refractivity contribution in [2.24, 2.45) is 0 Å². The Morgan fingerprint density at radius 3 is 2.78 bits per heavy atom. The van der Waals surface area contributed by atoms with E-state index in [1.807, 2.05) is 22.2 Å². The quantitative estimate of drug-likeness (QED) is 0.619. The van der Waals surface area contributed by atoms with Crippen LogP contribution in [0.3, 0.4) is 0 Å². The zero-order valence-electron chi connectivity index (χ0n) is 12.5. The molecule has 0 amide bonds. The molecule has 0 aliphatic carbocycles. The molecule has 23 heavy (non-hydrogen) atoms. The molecule has 1 aliphatic heterocycles. The zero-order chi connectivity index (χ0) is 15.6. The summed E-state index contributed by atoms with van der Waals surface area (Å²) in [6, 6.07) is 3.61. The summed E-state index contributed by atoms with van der Waals surface area (Å²) in [6.45, 7) is 1.91. The maximum Gasteiger partial charge on any atom is 0.204 e. The molecule has 1 aliphatic rings. The summed E-state index contributed by atoms with van der Waals surface area (Å²) in [4.78, 5) is 14.5. The number of piperidine rings is 1. The Hall–Kier alpha value is -2.03. The van der Waals surface area contributed by atoms with Crippen LogP contribution in [0.1, 0.15) is 30.4 Å². The van der Waals surface area contributed by atoms with Crippen molar-refractivity contribution >= 4 is 38.8 Å². The first kappa shape index (κ1) is 14.6. The van der Waals surface area contributed by atoms with Crippen molar-refractivity contribution in [2.45, 2.75) is 19.3 Å². The van der Waals surface area contributed by atoms with E-state index in [1.165, 1.54) is 17.8 Å². The van der Waals surface area contributed by atoms with Gasteiger partial charge in [-0.3, -0.25) is 4.79 Å². The highest BCUT2D eigenvalue weighted by atomic mass is 32.1. The normalized spacial score (nSPS) is 14.7. The first-order valence-electron chi connectivity index (χ1n) is 7.66. The first-order valence-corrected chi connectivity index (χ1v) is 9.48. The Morgan fingerprint density at radius 1 is 1.13 bits per heavy atom. The third kappa shape index (κ3) is 2.92. The number of thiophene rings is 2. The van der Waals surface area contributed by atoms with Crippen LogP contribution in [0.25, 0.3) is 10.3 Å². The van der Waals surface area contributed by atoms with Crippen molar-refractivity contribution in [3.63, 3.8) is 0 Å². The molecule has 1 saturated heterocycles. The molecule has 3 nitrogen and oxygen atoms in total. The van der Waals surface area contributed by atoms with Crippen LogP contribution in [0, 0.1) is 11.8 Å². The van der Waals surface area contributed by atoms with Crippen LogP contribution in [0.5, 0.6) is 0 Å². The summed E-state index contributed by atoms with van der Waals surface area (Å²) in [5, 5.41) is 5.93. The Labute approximate surface area is 142 Å². The molecule has 0 N–H and O–H groups in total. The fourth-order valence-electron chi connectivity index (χ4n) is 2.76. The van der Waals surface area contributed by atoms with E-state index >= 15 is 0 Å². The lowest BCUT2D eigenvalue weighted by atomic mass is 10.1. The van der Waals surface area contributed by atoms with Crippen LogP contribution in [0.2, 0.25) is 0 Å². The second-order valence-corrected chi connectivity index (χ2v) is 7.23. The lowest BCUT2D eigenvalue weighted by Gasteiger charge is -2.26. The van der Waals surface area contributed by atoms with Gasteiger partial charge >= 0.3 is 0 Å². The van der Waals surface area contributed by atoms with Crippen LogP contribution in [0.15, 0.2) is 37.5 Å². The number of hydrogen-bond acceptors (Lipinski definition) is 5. The largest absolute Gasteiger partial charge is 0.438 e. The van der Waals surface area contributed by atoms with Gasteiger partial charge in [0.1, 0.15) is 4.70 Å². The van der Waals surface area contributed by atoms with E-state index in [9.17, 15) is 4.79 Å². The lowest BCUT2D eigenvalue weighted by Crippen LogP contribution is -2.29. The molecule has 0 unspecified atom stereocenters. The third-order valence-electron chi connectivity index (χ3n) is 3.96. The van der Waals surface area contributed by atoms with E-state index in [0.717, 1.165) is 37.1 Å². The fourth-order valence-corrected chi connectivity index (χ4v) is 4.18. The number of nitrogens with zero attached hydrogens (tertiary/aromatic N) is 1. The summed E-state index contributed by atoms with van der Waals surface area (Å²) < 4.78 is 6.71. The molecule has 3 aromatic heterocycles. The van der Waals surface area contributed by atoms with Crippen molar-refractivity contribution in [1.29, 1.82) is 0 Å². The Morgan fingerprint density at radius 2 is 2.00 bits per heavy atom. The smallest absolute Gasteiger partial charge is 0.204 e. The predicted molar refractivity (Wildman–Crippen MR) is 96.7 cm³/mol. The molecule has 3 aromatic rings. The molecular weight excluding hydrogens is 326 g/mol. The molecule has 0 bridgehead atoms. The van der Waals surface area contributed by atoms with Crippen LogP contribution in [-0.4, -0.2) is 13.1 Å². The van der Waals surface area contributed by atoms with Gasteiger partial charge in [-0.15, -0.1) is 11.3 Å². The second kappa shape index (κ2) is 6.23. The summed E-state index contributed by atoms with van der Waals surface area (Å²) in [6.07, 6.45) is 3.55. The van der Waals surface area contributed by atoms with E-state index in [4.69, 9.17) is 4.42 Å². The highest BCUT2D eigenvalue weighted by molar-refractivity contribution is 7.17. The molecule has 0 radical (unpaired) electrons. The molecule has 0 aromatic carbocycles. The van der Waals surface area contributed by atoms with Crippen molar-refractivity contribution in [3.05, 3.63) is 49.6 Å². The molecule has 0 spiro atoms. The lowest BCUT2D eigenvalue weighted by molar-refractivity contribution is 0.513. The molecule has 4 heterocycles. The van der Waals surface area contributed by atoms with Gasteiger partial charge in [0.15, 0.2) is 11.5 Å². The first-order chi connectivity index (χ1) is 11.3. The molecule has 5 heteroatoms. The highest BCUT2D eigenvalue weighted by Crippen LogP contribution is 2.28. The van der Waals surface area contributed by atoms with Gasteiger partial charge in [0.2, 0.25) is 5.43 Å². The summed E-state index contributed by atoms with van der Waals surface area (Å²) in [5.74, 6) is 6.95. The standard InChI is InChI=1S/C18H15NO2S2/c20-15-10-16(19-7-2-1-3-8-19)21-17-14(12-23-18(15)17)5-4-13-6-9-22-11-13/h6,9-12H,1-3,7-8H2. The number of hydrogen-bond donors (Lipinski definition) is 0. The van der Waals surface area contributed by atoms with E-state index in [-0.39, 0.29) is 5.43 Å². The number of fused-ring (bicyclic) bond motifs is 1. The van der Waals surface area contributed by atoms with Gasteiger partial charge < -0.3 is 9.32 Å². The zero-order valence-corrected chi connectivity index (χ0v) is 14.1. The summed E-state index contributed by atoms with van der Waals surface area (Å²) in [7, 11) is 0. The molecule has 0 saturated carbocycles. The Balaban J connectivity index is 1.77. The van der Waals surface area contributed by atoms with Gasteiger partial charge in [-0.2, -0.15) is 11.3 Å². The van der Waals surface area contributed by atoms with E-state index in [1.54, 1.807) is 17.4 Å². The van der Waals surface area contributed by atoms with Crippen LogP contribution in [-0.2, 0) is 0 Å². The van der Waals surface area contributed by atoms with E-state index in [0.29, 0.717) is 16.2 Å².